The summed E-state index contributed by atoms with van der Waals surface area (Å²) in [5.41, 5.74) is 0. The van der Waals surface area contributed by atoms with E-state index in [1.165, 1.54) is 0 Å². The Morgan fingerprint density at radius 2 is 1.94 bits per heavy atom. The fourth-order valence-corrected chi connectivity index (χ4v) is 1.87. The summed E-state index contributed by atoms with van der Waals surface area (Å²) in [5.74, 6) is 0.305. The summed E-state index contributed by atoms with van der Waals surface area (Å²) in [5, 5.41) is 11.3. The van der Waals surface area contributed by atoms with Crippen LogP contribution in [0.4, 0.5) is 4.79 Å². The van der Waals surface area contributed by atoms with Crippen LogP contribution in [0.1, 0.15) is 32.1 Å². The van der Waals surface area contributed by atoms with Crippen molar-refractivity contribution < 1.29 is 14.7 Å². The maximum atomic E-state index is 11.6. The maximum absolute atomic E-state index is 11.6. The molecule has 2 amide bonds. The molecular formula is C12H24N2O3S. The van der Waals surface area contributed by atoms with E-state index in [0.29, 0.717) is 13.0 Å². The number of carbonyl (C=O) groups is 2. The zero-order valence-corrected chi connectivity index (χ0v) is 12.1. The van der Waals surface area contributed by atoms with Crippen molar-refractivity contribution in [2.45, 2.75) is 32.1 Å². The number of urea groups is 1. The molecule has 6 heteroatoms. The smallest absolute Gasteiger partial charge is 0.317 e. The molecule has 5 nitrogen and oxygen atoms in total. The molecule has 0 radical (unpaired) electrons. The molecule has 0 rings (SSSR count). The van der Waals surface area contributed by atoms with Crippen molar-refractivity contribution in [3.8, 4) is 0 Å². The Hall–Kier alpha value is -0.910. The molecule has 18 heavy (non-hydrogen) atoms. The Balaban J connectivity index is 3.43. The second-order valence-electron chi connectivity index (χ2n) is 4.20. The number of hydrogen-bond acceptors (Lipinski definition) is 3. The monoisotopic (exact) mass is 276 g/mol. The molecule has 2 N–H and O–H groups in total. The first kappa shape index (κ1) is 17.1. The highest BCUT2D eigenvalue weighted by Crippen LogP contribution is 2.00. The van der Waals surface area contributed by atoms with Gasteiger partial charge in [-0.1, -0.05) is 6.42 Å². The van der Waals surface area contributed by atoms with Crippen LogP contribution < -0.4 is 5.32 Å². The van der Waals surface area contributed by atoms with Crippen molar-refractivity contribution in [3.63, 3.8) is 0 Å². The molecule has 0 fully saturated rings. The van der Waals surface area contributed by atoms with Crippen LogP contribution in [0.25, 0.3) is 0 Å². The lowest BCUT2D eigenvalue weighted by molar-refractivity contribution is -0.137. The van der Waals surface area contributed by atoms with Crippen LogP contribution in [0, 0.1) is 0 Å². The predicted molar refractivity (Wildman–Crippen MR) is 75.1 cm³/mol. The number of carbonyl (C=O) groups excluding carboxylic acids is 1. The van der Waals surface area contributed by atoms with Crippen LogP contribution in [0.3, 0.4) is 0 Å². The Morgan fingerprint density at radius 3 is 2.56 bits per heavy atom. The molecule has 0 aliphatic carbocycles. The highest BCUT2D eigenvalue weighted by atomic mass is 32.2. The molecule has 0 saturated heterocycles. The average Bonchev–Trinajstić information content (AvgIpc) is 2.33. The third-order valence-electron chi connectivity index (χ3n) is 2.53. The number of nitrogens with one attached hydrogen (secondary N) is 1. The predicted octanol–water partition coefficient (Wildman–Crippen LogP) is 2.03. The van der Waals surface area contributed by atoms with Gasteiger partial charge >= 0.3 is 12.0 Å². The quantitative estimate of drug-likeness (QED) is 0.599. The lowest BCUT2D eigenvalue weighted by Gasteiger charge is -2.17. The van der Waals surface area contributed by atoms with Gasteiger partial charge in [-0.15, -0.1) is 0 Å². The minimum atomic E-state index is -0.757. The highest BCUT2D eigenvalue weighted by Gasteiger charge is 2.06. The Morgan fingerprint density at radius 1 is 1.22 bits per heavy atom. The van der Waals surface area contributed by atoms with Gasteiger partial charge in [-0.3, -0.25) is 4.79 Å². The summed E-state index contributed by atoms with van der Waals surface area (Å²) >= 11 is 1.78. The van der Waals surface area contributed by atoms with Gasteiger partial charge in [-0.05, 0) is 31.3 Å². The van der Waals surface area contributed by atoms with E-state index >= 15 is 0 Å². The fraction of sp³-hybridized carbons (Fsp3) is 0.833. The maximum Gasteiger partial charge on any atom is 0.317 e. The van der Waals surface area contributed by atoms with E-state index in [1.54, 1.807) is 23.7 Å². The molecule has 0 aliphatic rings. The summed E-state index contributed by atoms with van der Waals surface area (Å²) in [6.45, 7) is 1.39. The first-order chi connectivity index (χ1) is 8.57. The van der Waals surface area contributed by atoms with Crippen LogP contribution in [-0.2, 0) is 4.79 Å². The summed E-state index contributed by atoms with van der Waals surface area (Å²) in [6.07, 6.45) is 5.61. The van der Waals surface area contributed by atoms with Gasteiger partial charge in [0.25, 0.3) is 0 Å². The number of unbranched alkanes of at least 4 members (excludes halogenated alkanes) is 2. The number of thioether (sulfide) groups is 1. The zero-order chi connectivity index (χ0) is 13.8. The molecule has 0 spiro atoms. The van der Waals surface area contributed by atoms with E-state index in [4.69, 9.17) is 5.11 Å². The van der Waals surface area contributed by atoms with Crippen LogP contribution in [-0.4, -0.2) is 54.2 Å². The van der Waals surface area contributed by atoms with Crippen molar-refractivity contribution in [3.05, 3.63) is 0 Å². The third kappa shape index (κ3) is 10.3. The molecule has 0 aromatic rings. The fourth-order valence-electron chi connectivity index (χ4n) is 1.46. The van der Waals surface area contributed by atoms with Gasteiger partial charge in [0.1, 0.15) is 0 Å². The van der Waals surface area contributed by atoms with Crippen LogP contribution in [0.5, 0.6) is 0 Å². The van der Waals surface area contributed by atoms with Crippen molar-refractivity contribution in [1.82, 2.24) is 10.2 Å². The second-order valence-corrected chi connectivity index (χ2v) is 5.19. The molecule has 0 heterocycles. The van der Waals surface area contributed by atoms with E-state index in [-0.39, 0.29) is 12.5 Å². The number of rotatable bonds is 10. The lowest BCUT2D eigenvalue weighted by atomic mass is 10.2. The topological polar surface area (TPSA) is 69.6 Å². The number of aliphatic carboxylic acids is 1. The molecule has 106 valence electrons. The van der Waals surface area contributed by atoms with Crippen molar-refractivity contribution >= 4 is 23.8 Å². The Labute approximate surface area is 113 Å². The van der Waals surface area contributed by atoms with Gasteiger partial charge in [0.05, 0.1) is 0 Å². The molecular weight excluding hydrogens is 252 g/mol. The Kier molecular flexibility index (Phi) is 10.6. The summed E-state index contributed by atoms with van der Waals surface area (Å²) in [6, 6.07) is -0.0469. The number of nitrogens with zero attached hydrogens (tertiary/aromatic N) is 1. The Bertz CT molecular complexity index is 249. The molecule has 0 unspecified atom stereocenters. The van der Waals surface area contributed by atoms with Crippen LogP contribution in [0.15, 0.2) is 0 Å². The van der Waals surface area contributed by atoms with E-state index in [0.717, 1.165) is 31.6 Å². The number of carboxylic acids is 1. The van der Waals surface area contributed by atoms with E-state index in [9.17, 15) is 9.59 Å². The van der Waals surface area contributed by atoms with Crippen molar-refractivity contribution in [2.75, 3.05) is 32.1 Å². The van der Waals surface area contributed by atoms with Gasteiger partial charge < -0.3 is 15.3 Å². The highest BCUT2D eigenvalue weighted by molar-refractivity contribution is 7.98. The van der Waals surface area contributed by atoms with E-state index < -0.39 is 5.97 Å². The molecule has 0 bridgehead atoms. The standard InChI is InChI=1S/C12H24N2O3S/c1-14(9-6-10-18-2)12(17)13-8-5-3-4-7-11(15)16/h3-10H2,1-2H3,(H,13,17)(H,15,16). The third-order valence-corrected chi connectivity index (χ3v) is 3.23. The first-order valence-corrected chi connectivity index (χ1v) is 7.67. The van der Waals surface area contributed by atoms with Gasteiger partial charge in [0.15, 0.2) is 0 Å². The molecule has 0 aromatic heterocycles. The van der Waals surface area contributed by atoms with Crippen LogP contribution >= 0.6 is 11.8 Å². The van der Waals surface area contributed by atoms with Gasteiger partial charge in [0.2, 0.25) is 0 Å². The number of carboxylic acid groups (broad SMARTS) is 1. The molecule has 0 aliphatic heterocycles. The average molecular weight is 276 g/mol. The SMILES string of the molecule is CSCCCN(C)C(=O)NCCCCCC(=O)O. The van der Waals surface area contributed by atoms with Crippen molar-refractivity contribution in [2.24, 2.45) is 0 Å². The molecule has 0 atom stereocenters. The lowest BCUT2D eigenvalue weighted by Crippen LogP contribution is -2.38. The normalized spacial score (nSPS) is 10.1. The van der Waals surface area contributed by atoms with E-state index in [2.05, 4.69) is 11.6 Å². The number of hydrogen-bond donors (Lipinski definition) is 2. The summed E-state index contributed by atoms with van der Waals surface area (Å²) < 4.78 is 0. The minimum absolute atomic E-state index is 0.0469. The number of amides is 2. The van der Waals surface area contributed by atoms with Gasteiger partial charge in [-0.25, -0.2) is 4.79 Å². The van der Waals surface area contributed by atoms with Crippen molar-refractivity contribution in [1.29, 1.82) is 0 Å². The second kappa shape index (κ2) is 11.2. The largest absolute Gasteiger partial charge is 0.481 e. The van der Waals surface area contributed by atoms with Crippen LogP contribution in [0.2, 0.25) is 0 Å². The van der Waals surface area contributed by atoms with Gasteiger partial charge in [-0.2, -0.15) is 11.8 Å². The molecule has 0 saturated carbocycles. The first-order valence-electron chi connectivity index (χ1n) is 6.27. The van der Waals surface area contributed by atoms with Gasteiger partial charge in [0, 0.05) is 26.6 Å². The van der Waals surface area contributed by atoms with E-state index in [1.807, 2.05) is 0 Å². The summed E-state index contributed by atoms with van der Waals surface area (Å²) in [4.78, 5) is 23.6. The summed E-state index contributed by atoms with van der Waals surface area (Å²) in [7, 11) is 1.79. The molecule has 0 aromatic carbocycles. The zero-order valence-electron chi connectivity index (χ0n) is 11.3. The minimum Gasteiger partial charge on any atom is -0.481 e.